The first-order chi connectivity index (χ1) is 10.5. The highest BCUT2D eigenvalue weighted by molar-refractivity contribution is 7.11. The number of benzene rings is 1. The number of thiophene rings is 1. The van der Waals surface area contributed by atoms with Gasteiger partial charge in [0.05, 0.1) is 7.11 Å². The molecule has 4 nitrogen and oxygen atoms in total. The van der Waals surface area contributed by atoms with Crippen molar-refractivity contribution in [3.8, 4) is 5.75 Å². The Kier molecular flexibility index (Phi) is 5.12. The molecule has 5 heteroatoms. The second-order valence-corrected chi connectivity index (χ2v) is 5.69. The highest BCUT2D eigenvalue weighted by Crippen LogP contribution is 2.22. The van der Waals surface area contributed by atoms with Crippen LogP contribution < -0.4 is 9.84 Å². The maximum atomic E-state index is 12.2. The standard InChI is InChI=1S/C17H16O4S/c1-11-7-8-22-16(11)6-4-14(18)12-3-5-15(21-2)13(9-12)10-17(19)20/h3-9H,10H2,1-2H3,(H,19,20)/p-1/b6-4+. The first-order valence-corrected chi connectivity index (χ1v) is 7.52. The van der Waals surface area contributed by atoms with Crippen LogP contribution >= 0.6 is 11.3 Å². The molecule has 0 saturated carbocycles. The molecule has 0 atom stereocenters. The number of carbonyl (C=O) groups is 2. The third-order valence-corrected chi connectivity index (χ3v) is 4.17. The summed E-state index contributed by atoms with van der Waals surface area (Å²) >= 11 is 1.56. The molecule has 0 fully saturated rings. The molecular formula is C17H15O4S-. The van der Waals surface area contributed by atoms with Gasteiger partial charge < -0.3 is 14.6 Å². The number of ketones is 1. The fraction of sp³-hybridized carbons (Fsp3) is 0.176. The molecule has 0 saturated heterocycles. The summed E-state index contributed by atoms with van der Waals surface area (Å²) in [5.41, 5.74) is 1.96. The van der Waals surface area contributed by atoms with Gasteiger partial charge in [-0.3, -0.25) is 4.79 Å². The van der Waals surface area contributed by atoms with Gasteiger partial charge in [0.15, 0.2) is 5.78 Å². The third kappa shape index (κ3) is 3.83. The molecule has 114 valence electrons. The van der Waals surface area contributed by atoms with E-state index in [9.17, 15) is 14.7 Å². The van der Waals surface area contributed by atoms with Crippen molar-refractivity contribution in [1.29, 1.82) is 0 Å². The lowest BCUT2D eigenvalue weighted by Crippen LogP contribution is -2.24. The van der Waals surface area contributed by atoms with Crippen LogP contribution in [0.25, 0.3) is 6.08 Å². The van der Waals surface area contributed by atoms with E-state index in [0.717, 1.165) is 10.4 Å². The SMILES string of the molecule is COc1ccc(C(=O)/C=C/c2sccc2C)cc1CC(=O)[O-]. The monoisotopic (exact) mass is 315 g/mol. The summed E-state index contributed by atoms with van der Waals surface area (Å²) < 4.78 is 5.10. The molecule has 0 aliphatic heterocycles. The number of hydrogen-bond acceptors (Lipinski definition) is 5. The van der Waals surface area contributed by atoms with Gasteiger partial charge in [-0.05, 0) is 54.3 Å². The summed E-state index contributed by atoms with van der Waals surface area (Å²) in [5.74, 6) is -0.971. The molecule has 2 rings (SSSR count). The molecule has 0 amide bonds. The molecule has 0 aliphatic carbocycles. The molecule has 1 aromatic carbocycles. The molecule has 0 aliphatic rings. The van der Waals surface area contributed by atoms with Gasteiger partial charge in [0.2, 0.25) is 0 Å². The van der Waals surface area contributed by atoms with E-state index < -0.39 is 5.97 Å². The second-order valence-electron chi connectivity index (χ2n) is 4.74. The fourth-order valence-electron chi connectivity index (χ4n) is 2.03. The van der Waals surface area contributed by atoms with Crippen LogP contribution in [0, 0.1) is 6.92 Å². The molecular weight excluding hydrogens is 300 g/mol. The maximum Gasteiger partial charge on any atom is 0.185 e. The average molecular weight is 315 g/mol. The molecule has 0 radical (unpaired) electrons. The van der Waals surface area contributed by atoms with Crippen molar-refractivity contribution in [2.24, 2.45) is 0 Å². The van der Waals surface area contributed by atoms with E-state index in [0.29, 0.717) is 16.9 Å². The summed E-state index contributed by atoms with van der Waals surface area (Å²) in [7, 11) is 1.45. The van der Waals surface area contributed by atoms with Gasteiger partial charge in [0.1, 0.15) is 5.75 Å². The average Bonchev–Trinajstić information content (AvgIpc) is 2.89. The van der Waals surface area contributed by atoms with Crippen molar-refractivity contribution in [3.05, 3.63) is 57.3 Å². The van der Waals surface area contributed by atoms with Crippen LogP contribution in [0.15, 0.2) is 35.7 Å². The molecule has 0 N–H and O–H groups in total. The second kappa shape index (κ2) is 7.04. The Labute approximate surface area is 132 Å². The fourth-order valence-corrected chi connectivity index (χ4v) is 2.85. The van der Waals surface area contributed by atoms with Gasteiger partial charge in [0, 0.05) is 28.4 Å². The minimum atomic E-state index is -1.22. The van der Waals surface area contributed by atoms with E-state index in [1.165, 1.54) is 19.3 Å². The zero-order valence-electron chi connectivity index (χ0n) is 12.3. The van der Waals surface area contributed by atoms with Crippen molar-refractivity contribution in [2.75, 3.05) is 7.11 Å². The number of methoxy groups -OCH3 is 1. The lowest BCUT2D eigenvalue weighted by molar-refractivity contribution is -0.304. The quantitative estimate of drug-likeness (QED) is 0.606. The van der Waals surface area contributed by atoms with Crippen LogP contribution in [-0.4, -0.2) is 18.9 Å². The molecule has 1 heterocycles. The van der Waals surface area contributed by atoms with Crippen molar-refractivity contribution in [3.63, 3.8) is 0 Å². The molecule has 22 heavy (non-hydrogen) atoms. The van der Waals surface area contributed by atoms with E-state index in [1.807, 2.05) is 18.4 Å². The third-order valence-electron chi connectivity index (χ3n) is 3.19. The minimum absolute atomic E-state index is 0.185. The predicted octanol–water partition coefficient (Wildman–Crippen LogP) is 2.25. The number of hydrogen-bond donors (Lipinski definition) is 0. The first kappa shape index (κ1) is 16.0. The van der Waals surface area contributed by atoms with Crippen LogP contribution in [0.2, 0.25) is 0 Å². The number of carboxylic acid groups (broad SMARTS) is 1. The summed E-state index contributed by atoms with van der Waals surface area (Å²) in [6.45, 7) is 1.98. The topological polar surface area (TPSA) is 66.4 Å². The zero-order chi connectivity index (χ0) is 16.1. The van der Waals surface area contributed by atoms with E-state index >= 15 is 0 Å². The van der Waals surface area contributed by atoms with Crippen LogP contribution in [0.5, 0.6) is 5.75 Å². The van der Waals surface area contributed by atoms with E-state index in [4.69, 9.17) is 4.74 Å². The molecule has 2 aromatic rings. The number of carboxylic acids is 1. The number of aryl methyl sites for hydroxylation is 1. The first-order valence-electron chi connectivity index (χ1n) is 6.64. The van der Waals surface area contributed by atoms with E-state index in [-0.39, 0.29) is 12.2 Å². The number of ether oxygens (including phenoxy) is 1. The summed E-state index contributed by atoms with van der Waals surface area (Å²) in [6.07, 6.45) is 2.96. The van der Waals surface area contributed by atoms with Gasteiger partial charge in [-0.25, -0.2) is 0 Å². The maximum absolute atomic E-state index is 12.2. The Morgan fingerprint density at radius 2 is 2.09 bits per heavy atom. The Balaban J connectivity index is 2.24. The summed E-state index contributed by atoms with van der Waals surface area (Å²) in [6, 6.07) is 6.73. The molecule has 0 bridgehead atoms. The van der Waals surface area contributed by atoms with Crippen LogP contribution in [0.1, 0.15) is 26.4 Å². The lowest BCUT2D eigenvalue weighted by Gasteiger charge is -2.10. The van der Waals surface area contributed by atoms with Crippen molar-refractivity contribution >= 4 is 29.2 Å². The molecule has 0 spiro atoms. The highest BCUT2D eigenvalue weighted by atomic mass is 32.1. The van der Waals surface area contributed by atoms with Crippen molar-refractivity contribution in [1.82, 2.24) is 0 Å². The highest BCUT2D eigenvalue weighted by Gasteiger charge is 2.09. The molecule has 1 aromatic heterocycles. The van der Waals surface area contributed by atoms with Crippen molar-refractivity contribution in [2.45, 2.75) is 13.3 Å². The van der Waals surface area contributed by atoms with Crippen LogP contribution in [0.3, 0.4) is 0 Å². The van der Waals surface area contributed by atoms with Crippen LogP contribution in [-0.2, 0) is 11.2 Å². The lowest BCUT2D eigenvalue weighted by atomic mass is 10.0. The zero-order valence-corrected chi connectivity index (χ0v) is 13.1. The van der Waals surface area contributed by atoms with Gasteiger partial charge in [-0.2, -0.15) is 0 Å². The summed E-state index contributed by atoms with van der Waals surface area (Å²) in [4.78, 5) is 24.0. The van der Waals surface area contributed by atoms with Crippen molar-refractivity contribution < 1.29 is 19.4 Å². The normalized spacial score (nSPS) is 10.8. The summed E-state index contributed by atoms with van der Waals surface area (Å²) in [5, 5.41) is 12.7. The van der Waals surface area contributed by atoms with Crippen LogP contribution in [0.4, 0.5) is 0 Å². The van der Waals surface area contributed by atoms with Gasteiger partial charge >= 0.3 is 0 Å². The number of allylic oxidation sites excluding steroid dienone is 1. The smallest absolute Gasteiger partial charge is 0.185 e. The Bertz CT molecular complexity index is 728. The number of rotatable bonds is 6. The van der Waals surface area contributed by atoms with Gasteiger partial charge in [-0.1, -0.05) is 0 Å². The van der Waals surface area contributed by atoms with Gasteiger partial charge in [-0.15, -0.1) is 11.3 Å². The largest absolute Gasteiger partial charge is 0.550 e. The predicted molar refractivity (Wildman–Crippen MR) is 84.1 cm³/mol. The minimum Gasteiger partial charge on any atom is -0.550 e. The molecule has 0 unspecified atom stereocenters. The van der Waals surface area contributed by atoms with E-state index in [1.54, 1.807) is 29.5 Å². The Hall–Kier alpha value is -2.40. The van der Waals surface area contributed by atoms with Gasteiger partial charge in [0.25, 0.3) is 0 Å². The van der Waals surface area contributed by atoms with E-state index in [2.05, 4.69) is 0 Å². The Morgan fingerprint density at radius 1 is 1.32 bits per heavy atom. The Morgan fingerprint density at radius 3 is 2.68 bits per heavy atom. The number of carbonyl (C=O) groups excluding carboxylic acids is 2. The number of aliphatic carboxylic acids is 1.